The number of aliphatic hydroxyl groups is 1. The molecule has 98 valence electrons. The Bertz CT molecular complexity index is 402. The van der Waals surface area contributed by atoms with Gasteiger partial charge in [-0.05, 0) is 12.1 Å². The Morgan fingerprint density at radius 3 is 2.67 bits per heavy atom. The molecule has 0 unspecified atom stereocenters. The van der Waals surface area contributed by atoms with E-state index in [9.17, 15) is 9.90 Å². The number of ether oxygens (including phenoxy) is 1. The first kappa shape index (κ1) is 13.0. The summed E-state index contributed by atoms with van der Waals surface area (Å²) in [5, 5.41) is 10.4. The Morgan fingerprint density at radius 2 is 2.06 bits per heavy atom. The van der Waals surface area contributed by atoms with Gasteiger partial charge in [-0.3, -0.25) is 9.78 Å². The number of carbonyl (C=O) groups is 1. The Balaban J connectivity index is 1.99. The van der Waals surface area contributed by atoms with E-state index in [1.807, 2.05) is 0 Å². The average Bonchev–Trinajstić information content (AvgIpc) is 2.39. The van der Waals surface area contributed by atoms with Crippen molar-refractivity contribution in [1.29, 1.82) is 0 Å². The molecule has 1 N–H and O–H groups in total. The number of pyridine rings is 1. The van der Waals surface area contributed by atoms with Gasteiger partial charge in [0.05, 0.1) is 5.60 Å². The van der Waals surface area contributed by atoms with Crippen LogP contribution in [0.3, 0.4) is 0 Å². The number of carbonyl (C=O) groups excluding carboxylic acids is 1. The van der Waals surface area contributed by atoms with Crippen molar-refractivity contribution in [3.8, 4) is 0 Å². The highest BCUT2D eigenvalue weighted by molar-refractivity contribution is 5.93. The van der Waals surface area contributed by atoms with Crippen molar-refractivity contribution >= 4 is 5.91 Å². The number of likely N-dealkylation sites (N-methyl/N-ethyl adjacent to an activating group) is 1. The highest BCUT2D eigenvalue weighted by Gasteiger charge is 2.32. The molecule has 1 aliphatic rings. The fourth-order valence-electron chi connectivity index (χ4n) is 2.14. The molecule has 0 bridgehead atoms. The van der Waals surface area contributed by atoms with Crippen LogP contribution in [0.5, 0.6) is 0 Å². The first-order valence-corrected chi connectivity index (χ1v) is 6.06. The van der Waals surface area contributed by atoms with Crippen LogP contribution in [-0.2, 0) is 4.74 Å². The summed E-state index contributed by atoms with van der Waals surface area (Å²) in [5.74, 6) is -0.0997. The van der Waals surface area contributed by atoms with Gasteiger partial charge >= 0.3 is 0 Å². The van der Waals surface area contributed by atoms with Crippen LogP contribution in [0.25, 0.3) is 0 Å². The van der Waals surface area contributed by atoms with E-state index in [1.54, 1.807) is 36.5 Å². The fraction of sp³-hybridized carbons (Fsp3) is 0.538. The Kier molecular flexibility index (Phi) is 3.93. The zero-order valence-corrected chi connectivity index (χ0v) is 10.5. The van der Waals surface area contributed by atoms with Gasteiger partial charge in [-0.2, -0.15) is 0 Å². The van der Waals surface area contributed by atoms with Crippen LogP contribution in [-0.4, -0.2) is 53.3 Å². The van der Waals surface area contributed by atoms with Crippen LogP contribution in [0.4, 0.5) is 0 Å². The smallest absolute Gasteiger partial charge is 0.253 e. The summed E-state index contributed by atoms with van der Waals surface area (Å²) in [4.78, 5) is 17.6. The third-order valence-electron chi connectivity index (χ3n) is 3.23. The molecule has 5 heteroatoms. The van der Waals surface area contributed by atoms with E-state index in [2.05, 4.69) is 4.98 Å². The highest BCUT2D eigenvalue weighted by atomic mass is 16.5. The normalized spacial score (nSPS) is 18.3. The summed E-state index contributed by atoms with van der Waals surface area (Å²) in [7, 11) is 1.70. The highest BCUT2D eigenvalue weighted by Crippen LogP contribution is 2.21. The largest absolute Gasteiger partial charge is 0.388 e. The first-order chi connectivity index (χ1) is 8.61. The van der Waals surface area contributed by atoms with Crippen LogP contribution in [0.15, 0.2) is 24.5 Å². The SMILES string of the molecule is CN(CC1(O)CCOCC1)C(=O)c1ccncc1. The van der Waals surface area contributed by atoms with Gasteiger partial charge in [0.15, 0.2) is 0 Å². The number of rotatable bonds is 3. The van der Waals surface area contributed by atoms with Crippen molar-refractivity contribution < 1.29 is 14.6 Å². The lowest BCUT2D eigenvalue weighted by Crippen LogP contribution is -2.47. The lowest BCUT2D eigenvalue weighted by molar-refractivity contribution is -0.0734. The van der Waals surface area contributed by atoms with Crippen molar-refractivity contribution in [2.45, 2.75) is 18.4 Å². The van der Waals surface area contributed by atoms with Crippen molar-refractivity contribution in [3.63, 3.8) is 0 Å². The molecule has 1 saturated heterocycles. The molecular formula is C13H18N2O3. The molecule has 2 heterocycles. The molecule has 5 nitrogen and oxygen atoms in total. The molecule has 1 fully saturated rings. The summed E-state index contributed by atoms with van der Waals surface area (Å²) in [6, 6.07) is 3.35. The molecule has 0 spiro atoms. The van der Waals surface area contributed by atoms with Gasteiger partial charge in [0.25, 0.3) is 5.91 Å². The number of nitrogens with zero attached hydrogens (tertiary/aromatic N) is 2. The molecule has 0 aromatic carbocycles. The third kappa shape index (κ3) is 3.05. The zero-order chi connectivity index (χ0) is 13.0. The first-order valence-electron chi connectivity index (χ1n) is 6.06. The lowest BCUT2D eigenvalue weighted by atomic mass is 9.94. The van der Waals surface area contributed by atoms with Crippen LogP contribution >= 0.6 is 0 Å². The minimum Gasteiger partial charge on any atom is -0.388 e. The van der Waals surface area contributed by atoms with E-state index >= 15 is 0 Å². The van der Waals surface area contributed by atoms with Crippen molar-refractivity contribution in [2.75, 3.05) is 26.8 Å². The van der Waals surface area contributed by atoms with Gasteiger partial charge in [-0.15, -0.1) is 0 Å². The maximum atomic E-state index is 12.1. The van der Waals surface area contributed by atoms with Crippen molar-refractivity contribution in [2.24, 2.45) is 0 Å². The number of hydrogen-bond donors (Lipinski definition) is 1. The van der Waals surface area contributed by atoms with E-state index in [4.69, 9.17) is 4.74 Å². The minimum atomic E-state index is -0.824. The van der Waals surface area contributed by atoms with Crippen molar-refractivity contribution in [3.05, 3.63) is 30.1 Å². The zero-order valence-electron chi connectivity index (χ0n) is 10.5. The summed E-state index contributed by atoms with van der Waals surface area (Å²) in [6.07, 6.45) is 4.32. The van der Waals surface area contributed by atoms with Crippen molar-refractivity contribution in [1.82, 2.24) is 9.88 Å². The van der Waals surface area contributed by atoms with Crippen LogP contribution in [0.1, 0.15) is 23.2 Å². The van der Waals surface area contributed by atoms with Gasteiger partial charge in [-0.1, -0.05) is 0 Å². The fourth-order valence-corrected chi connectivity index (χ4v) is 2.14. The predicted molar refractivity (Wildman–Crippen MR) is 66.2 cm³/mol. The molecule has 2 rings (SSSR count). The summed E-state index contributed by atoms with van der Waals surface area (Å²) >= 11 is 0. The van der Waals surface area contributed by atoms with Gasteiger partial charge < -0.3 is 14.7 Å². The number of amides is 1. The summed E-state index contributed by atoms with van der Waals surface area (Å²) < 4.78 is 5.22. The van der Waals surface area contributed by atoms with Crippen LogP contribution < -0.4 is 0 Å². The molecule has 0 aliphatic carbocycles. The van der Waals surface area contributed by atoms with E-state index in [0.717, 1.165) is 0 Å². The second-order valence-electron chi connectivity index (χ2n) is 4.73. The molecule has 0 atom stereocenters. The van der Waals surface area contributed by atoms with Crippen LogP contribution in [0.2, 0.25) is 0 Å². The van der Waals surface area contributed by atoms with Gasteiger partial charge in [0.1, 0.15) is 0 Å². The summed E-state index contributed by atoms with van der Waals surface area (Å²) in [5.41, 5.74) is -0.237. The number of hydrogen-bond acceptors (Lipinski definition) is 4. The average molecular weight is 250 g/mol. The molecule has 18 heavy (non-hydrogen) atoms. The standard InChI is InChI=1S/C13H18N2O3/c1-15(10-13(17)4-8-18-9-5-13)12(16)11-2-6-14-7-3-11/h2-3,6-7,17H,4-5,8-10H2,1H3. The van der Waals surface area contributed by atoms with E-state index in [1.165, 1.54) is 0 Å². The topological polar surface area (TPSA) is 62.7 Å². The second kappa shape index (κ2) is 5.46. The Hall–Kier alpha value is -1.46. The molecule has 1 aromatic heterocycles. The monoisotopic (exact) mass is 250 g/mol. The Morgan fingerprint density at radius 1 is 1.44 bits per heavy atom. The molecule has 1 aliphatic heterocycles. The second-order valence-corrected chi connectivity index (χ2v) is 4.73. The summed E-state index contributed by atoms with van der Waals surface area (Å²) in [6.45, 7) is 1.43. The lowest BCUT2D eigenvalue weighted by Gasteiger charge is -2.35. The third-order valence-corrected chi connectivity index (χ3v) is 3.23. The van der Waals surface area contributed by atoms with Crippen LogP contribution in [0, 0.1) is 0 Å². The molecular weight excluding hydrogens is 232 g/mol. The van der Waals surface area contributed by atoms with Gasteiger partial charge in [0, 0.05) is 57.6 Å². The van der Waals surface area contributed by atoms with Gasteiger partial charge in [0.2, 0.25) is 0 Å². The van der Waals surface area contributed by atoms with E-state index < -0.39 is 5.60 Å². The maximum Gasteiger partial charge on any atom is 0.253 e. The predicted octanol–water partition coefficient (Wildman–Crippen LogP) is 0.695. The molecule has 1 aromatic rings. The van der Waals surface area contributed by atoms with Gasteiger partial charge in [-0.25, -0.2) is 0 Å². The molecule has 0 saturated carbocycles. The van der Waals surface area contributed by atoms with E-state index in [-0.39, 0.29) is 5.91 Å². The number of aromatic nitrogens is 1. The minimum absolute atomic E-state index is 0.0997. The van der Waals surface area contributed by atoms with E-state index in [0.29, 0.717) is 38.2 Å². The Labute approximate surface area is 106 Å². The maximum absolute atomic E-state index is 12.1. The quantitative estimate of drug-likeness (QED) is 0.857. The molecule has 1 amide bonds. The molecule has 0 radical (unpaired) electrons.